The van der Waals surface area contributed by atoms with Crippen molar-refractivity contribution in [3.05, 3.63) is 12.2 Å². The van der Waals surface area contributed by atoms with Gasteiger partial charge in [0.15, 0.2) is 0 Å². The molecule has 0 aliphatic rings. The number of nitrogens with one attached hydrogen (secondary N) is 1. The minimum absolute atomic E-state index is 0.0279. The fraction of sp³-hybridized carbons (Fsp3) is 0.927. The van der Waals surface area contributed by atoms with E-state index in [1.807, 2.05) is 0 Å². The van der Waals surface area contributed by atoms with Gasteiger partial charge in [-0.05, 0) is 51.4 Å². The van der Waals surface area contributed by atoms with Crippen LogP contribution in [0.4, 0.5) is 0 Å². The first-order valence-electron chi connectivity index (χ1n) is 27.4. The van der Waals surface area contributed by atoms with Crippen molar-refractivity contribution in [2.24, 2.45) is 0 Å². The maximum absolute atomic E-state index is 12.5. The van der Waals surface area contributed by atoms with E-state index in [-0.39, 0.29) is 18.5 Å². The summed E-state index contributed by atoms with van der Waals surface area (Å²) in [5.74, 6) is -0.0832. The van der Waals surface area contributed by atoms with Crippen LogP contribution >= 0.6 is 0 Å². The highest BCUT2D eigenvalue weighted by Gasteiger charge is 2.20. The normalized spacial score (nSPS) is 12.7. The molecule has 2 atom stereocenters. The van der Waals surface area contributed by atoms with Crippen molar-refractivity contribution in [1.82, 2.24) is 5.32 Å². The number of unbranched alkanes of at least 4 members (excludes halogenated alkanes) is 38. The van der Waals surface area contributed by atoms with Crippen molar-refractivity contribution in [1.29, 1.82) is 0 Å². The fourth-order valence-electron chi connectivity index (χ4n) is 8.58. The molecule has 362 valence electrons. The largest absolute Gasteiger partial charge is 0.466 e. The predicted octanol–water partition coefficient (Wildman–Crippen LogP) is 16.5. The standard InChI is InChI=1S/C55H107NO5/c1-3-5-7-9-11-13-15-17-18-19-20-21-22-23-24-25-26-27-31-35-39-43-47-53(58)52(51-57)56-54(59)48-44-40-36-32-29-30-34-38-42-46-50-61-55(60)49-45-41-37-33-28-16-14-12-10-8-6-4-2/h12,14,52-53,57-58H,3-11,13,15-51H2,1-2H3,(H,56,59)/b14-12-. The van der Waals surface area contributed by atoms with Gasteiger partial charge < -0.3 is 20.3 Å². The highest BCUT2D eigenvalue weighted by Crippen LogP contribution is 2.17. The van der Waals surface area contributed by atoms with E-state index in [4.69, 9.17) is 4.74 Å². The molecule has 0 saturated carbocycles. The first-order chi connectivity index (χ1) is 30.0. The molecule has 6 heteroatoms. The van der Waals surface area contributed by atoms with Crippen LogP contribution in [-0.4, -0.2) is 47.4 Å². The van der Waals surface area contributed by atoms with Crippen molar-refractivity contribution < 1.29 is 24.5 Å². The monoisotopic (exact) mass is 862 g/mol. The molecule has 0 aromatic heterocycles. The summed E-state index contributed by atoms with van der Waals surface area (Å²) in [7, 11) is 0. The zero-order chi connectivity index (χ0) is 44.4. The minimum Gasteiger partial charge on any atom is -0.466 e. The Bertz CT molecular complexity index is 909. The van der Waals surface area contributed by atoms with E-state index >= 15 is 0 Å². The van der Waals surface area contributed by atoms with Gasteiger partial charge >= 0.3 is 5.97 Å². The third-order valence-electron chi connectivity index (χ3n) is 12.8. The molecule has 3 N–H and O–H groups in total. The van der Waals surface area contributed by atoms with Gasteiger partial charge in [-0.25, -0.2) is 0 Å². The van der Waals surface area contributed by atoms with Crippen LogP contribution in [0.1, 0.15) is 303 Å². The third kappa shape index (κ3) is 47.9. The third-order valence-corrected chi connectivity index (χ3v) is 12.8. The fourth-order valence-corrected chi connectivity index (χ4v) is 8.58. The molecule has 6 nitrogen and oxygen atoms in total. The summed E-state index contributed by atoms with van der Waals surface area (Å²) < 4.78 is 5.44. The number of aliphatic hydroxyl groups excluding tert-OH is 2. The van der Waals surface area contributed by atoms with E-state index in [1.54, 1.807) is 0 Å². The van der Waals surface area contributed by atoms with Gasteiger partial charge in [-0.15, -0.1) is 0 Å². The maximum Gasteiger partial charge on any atom is 0.305 e. The number of hydrogen-bond donors (Lipinski definition) is 3. The Balaban J connectivity index is 3.47. The Morgan fingerprint density at radius 2 is 0.770 bits per heavy atom. The van der Waals surface area contributed by atoms with Crippen LogP contribution in [0, 0.1) is 0 Å². The second-order valence-corrected chi connectivity index (χ2v) is 18.9. The van der Waals surface area contributed by atoms with Crippen LogP contribution in [0.2, 0.25) is 0 Å². The van der Waals surface area contributed by atoms with E-state index in [9.17, 15) is 19.8 Å². The second-order valence-electron chi connectivity index (χ2n) is 18.9. The average molecular weight is 862 g/mol. The molecule has 0 heterocycles. The molecular weight excluding hydrogens is 755 g/mol. The molecule has 0 spiro atoms. The van der Waals surface area contributed by atoms with Crippen LogP contribution < -0.4 is 5.32 Å². The number of esters is 1. The molecule has 0 aliphatic carbocycles. The first kappa shape index (κ1) is 59.6. The predicted molar refractivity (Wildman–Crippen MR) is 264 cm³/mol. The molecule has 0 radical (unpaired) electrons. The Morgan fingerprint density at radius 1 is 0.443 bits per heavy atom. The number of carbonyl (C=O) groups is 2. The summed E-state index contributed by atoms with van der Waals surface area (Å²) in [5, 5.41) is 23.3. The van der Waals surface area contributed by atoms with Crippen molar-refractivity contribution in [3.63, 3.8) is 0 Å². The summed E-state index contributed by atoms with van der Waals surface area (Å²) in [6.45, 7) is 4.89. The molecule has 0 aromatic rings. The number of hydrogen-bond acceptors (Lipinski definition) is 5. The molecule has 0 aromatic carbocycles. The van der Waals surface area contributed by atoms with Gasteiger partial charge in [0.1, 0.15) is 0 Å². The summed E-state index contributed by atoms with van der Waals surface area (Å²) in [5.41, 5.74) is 0. The lowest BCUT2D eigenvalue weighted by Crippen LogP contribution is -2.45. The molecule has 61 heavy (non-hydrogen) atoms. The van der Waals surface area contributed by atoms with Gasteiger partial charge in [0.2, 0.25) is 5.91 Å². The van der Waals surface area contributed by atoms with Crippen molar-refractivity contribution >= 4 is 11.9 Å². The number of allylic oxidation sites excluding steroid dienone is 2. The highest BCUT2D eigenvalue weighted by molar-refractivity contribution is 5.76. The van der Waals surface area contributed by atoms with Crippen LogP contribution in [0.5, 0.6) is 0 Å². The summed E-state index contributed by atoms with van der Waals surface area (Å²) in [4.78, 5) is 24.5. The number of rotatable bonds is 51. The van der Waals surface area contributed by atoms with Gasteiger partial charge in [0.05, 0.1) is 25.4 Å². The Kier molecular flexibility index (Phi) is 50.1. The summed E-state index contributed by atoms with van der Waals surface area (Å²) in [6.07, 6.45) is 59.0. The molecule has 0 rings (SSSR count). The van der Waals surface area contributed by atoms with E-state index in [0.29, 0.717) is 25.9 Å². The Morgan fingerprint density at radius 3 is 1.20 bits per heavy atom. The van der Waals surface area contributed by atoms with E-state index in [0.717, 1.165) is 57.8 Å². The van der Waals surface area contributed by atoms with Gasteiger partial charge in [0.25, 0.3) is 0 Å². The SMILES string of the molecule is CCCCC/C=C\CCCCCCCC(=O)OCCCCCCCCCCCCC(=O)NC(CO)C(O)CCCCCCCCCCCCCCCCCCCCCCCC. The highest BCUT2D eigenvalue weighted by atomic mass is 16.5. The number of ether oxygens (including phenoxy) is 1. The van der Waals surface area contributed by atoms with Gasteiger partial charge in [-0.2, -0.15) is 0 Å². The Labute approximate surface area is 380 Å². The molecule has 0 fully saturated rings. The second kappa shape index (κ2) is 51.2. The minimum atomic E-state index is -0.679. The summed E-state index contributed by atoms with van der Waals surface area (Å²) in [6, 6.07) is -0.558. The summed E-state index contributed by atoms with van der Waals surface area (Å²) >= 11 is 0. The lowest BCUT2D eigenvalue weighted by Gasteiger charge is -2.22. The molecule has 2 unspecified atom stereocenters. The zero-order valence-electron chi connectivity index (χ0n) is 41.2. The van der Waals surface area contributed by atoms with Gasteiger partial charge in [0, 0.05) is 12.8 Å². The van der Waals surface area contributed by atoms with E-state index < -0.39 is 12.1 Å². The van der Waals surface area contributed by atoms with Crippen LogP contribution in [-0.2, 0) is 14.3 Å². The molecule has 0 saturated heterocycles. The van der Waals surface area contributed by atoms with Crippen molar-refractivity contribution in [2.75, 3.05) is 13.2 Å². The van der Waals surface area contributed by atoms with E-state index in [1.165, 1.54) is 212 Å². The average Bonchev–Trinajstić information content (AvgIpc) is 3.26. The molecule has 0 bridgehead atoms. The van der Waals surface area contributed by atoms with Crippen LogP contribution in [0.25, 0.3) is 0 Å². The van der Waals surface area contributed by atoms with Gasteiger partial charge in [-0.1, -0.05) is 251 Å². The van der Waals surface area contributed by atoms with E-state index in [2.05, 4.69) is 31.3 Å². The van der Waals surface area contributed by atoms with Crippen molar-refractivity contribution in [2.45, 2.75) is 315 Å². The quantitative estimate of drug-likeness (QED) is 0.0322. The Hall–Kier alpha value is -1.40. The van der Waals surface area contributed by atoms with Gasteiger partial charge in [-0.3, -0.25) is 9.59 Å². The van der Waals surface area contributed by atoms with Crippen molar-refractivity contribution in [3.8, 4) is 0 Å². The van der Waals surface area contributed by atoms with Crippen LogP contribution in [0.15, 0.2) is 12.2 Å². The van der Waals surface area contributed by atoms with Crippen LogP contribution in [0.3, 0.4) is 0 Å². The lowest BCUT2D eigenvalue weighted by molar-refractivity contribution is -0.143. The zero-order valence-corrected chi connectivity index (χ0v) is 41.2. The molecule has 1 amide bonds. The number of amides is 1. The number of aliphatic hydroxyl groups is 2. The molecular formula is C55H107NO5. The first-order valence-corrected chi connectivity index (χ1v) is 27.4. The molecule has 0 aliphatic heterocycles. The number of carbonyl (C=O) groups excluding carboxylic acids is 2. The maximum atomic E-state index is 12.5. The lowest BCUT2D eigenvalue weighted by atomic mass is 10.0. The smallest absolute Gasteiger partial charge is 0.305 e. The topological polar surface area (TPSA) is 95.9 Å².